The summed E-state index contributed by atoms with van der Waals surface area (Å²) in [5.41, 5.74) is 0. The minimum atomic E-state index is -0.332. The monoisotopic (exact) mass is 379 g/mol. The van der Waals surface area contributed by atoms with Gasteiger partial charge in [0.2, 0.25) is 5.91 Å². The van der Waals surface area contributed by atoms with Gasteiger partial charge in [-0.15, -0.1) is 0 Å². The topological polar surface area (TPSA) is 65.1 Å². The van der Waals surface area contributed by atoms with Gasteiger partial charge in [-0.25, -0.2) is 0 Å². The lowest BCUT2D eigenvalue weighted by atomic mass is 10.1. The van der Waals surface area contributed by atoms with Crippen molar-refractivity contribution in [3.63, 3.8) is 0 Å². The van der Waals surface area contributed by atoms with Crippen molar-refractivity contribution in [2.24, 2.45) is 11.8 Å². The highest BCUT2D eigenvalue weighted by Crippen LogP contribution is 2.17. The number of methoxy groups -OCH3 is 2. The highest BCUT2D eigenvalue weighted by molar-refractivity contribution is 5.78. The van der Waals surface area contributed by atoms with Crippen LogP contribution >= 0.6 is 0 Å². The molecule has 0 heterocycles. The molecule has 6 nitrogen and oxygen atoms in total. The SMILES string of the molecule is COC(=O)C(C)CN(CCC(C)C)C(=O)CCCOc1ccc(OC)cc1. The Morgan fingerprint density at radius 2 is 1.67 bits per heavy atom. The van der Waals surface area contributed by atoms with Crippen LogP contribution in [0.2, 0.25) is 0 Å². The van der Waals surface area contributed by atoms with Gasteiger partial charge in [0.05, 0.1) is 26.7 Å². The Kier molecular flexibility index (Phi) is 10.3. The maximum atomic E-state index is 12.6. The van der Waals surface area contributed by atoms with Crippen molar-refractivity contribution >= 4 is 11.9 Å². The first kappa shape index (κ1) is 22.8. The highest BCUT2D eigenvalue weighted by Gasteiger charge is 2.21. The molecular formula is C21H33NO5. The van der Waals surface area contributed by atoms with E-state index < -0.39 is 0 Å². The van der Waals surface area contributed by atoms with Gasteiger partial charge in [-0.05, 0) is 43.0 Å². The summed E-state index contributed by atoms with van der Waals surface area (Å²) in [6.07, 6.45) is 1.92. The molecule has 0 aliphatic rings. The van der Waals surface area contributed by atoms with Crippen molar-refractivity contribution in [2.45, 2.75) is 40.0 Å². The van der Waals surface area contributed by atoms with Gasteiger partial charge >= 0.3 is 5.97 Å². The number of ether oxygens (including phenoxy) is 3. The zero-order valence-electron chi connectivity index (χ0n) is 17.2. The first-order chi connectivity index (χ1) is 12.9. The molecule has 1 atom stereocenters. The van der Waals surface area contributed by atoms with Crippen LogP contribution in [0.15, 0.2) is 24.3 Å². The maximum absolute atomic E-state index is 12.6. The van der Waals surface area contributed by atoms with Crippen molar-refractivity contribution in [2.75, 3.05) is 33.9 Å². The normalized spacial score (nSPS) is 11.8. The largest absolute Gasteiger partial charge is 0.497 e. The number of rotatable bonds is 12. The number of hydrogen-bond acceptors (Lipinski definition) is 5. The van der Waals surface area contributed by atoms with Crippen molar-refractivity contribution in [1.29, 1.82) is 0 Å². The van der Waals surface area contributed by atoms with E-state index in [2.05, 4.69) is 13.8 Å². The summed E-state index contributed by atoms with van der Waals surface area (Å²) in [5.74, 6) is 1.44. The second-order valence-corrected chi connectivity index (χ2v) is 7.07. The van der Waals surface area contributed by atoms with Gasteiger partial charge in [-0.2, -0.15) is 0 Å². The number of benzene rings is 1. The Bertz CT molecular complexity index is 570. The molecule has 1 rings (SSSR count). The molecule has 27 heavy (non-hydrogen) atoms. The summed E-state index contributed by atoms with van der Waals surface area (Å²) in [6.45, 7) is 7.52. The first-order valence-electron chi connectivity index (χ1n) is 9.49. The molecule has 0 saturated carbocycles. The first-order valence-corrected chi connectivity index (χ1v) is 9.49. The average Bonchev–Trinajstić information content (AvgIpc) is 2.67. The quantitative estimate of drug-likeness (QED) is 0.410. The van der Waals surface area contributed by atoms with E-state index in [4.69, 9.17) is 14.2 Å². The van der Waals surface area contributed by atoms with Crippen LogP contribution in [0.4, 0.5) is 0 Å². The second-order valence-electron chi connectivity index (χ2n) is 7.07. The number of carbonyl (C=O) groups is 2. The van der Waals surface area contributed by atoms with Gasteiger partial charge in [-0.1, -0.05) is 20.8 Å². The molecule has 0 fully saturated rings. The van der Waals surface area contributed by atoms with E-state index in [1.54, 1.807) is 18.9 Å². The second kappa shape index (κ2) is 12.2. The molecule has 0 aliphatic heterocycles. The minimum Gasteiger partial charge on any atom is -0.497 e. The summed E-state index contributed by atoms with van der Waals surface area (Å²) < 4.78 is 15.6. The van der Waals surface area contributed by atoms with Crippen LogP contribution in [0.25, 0.3) is 0 Å². The Labute approximate surface area is 162 Å². The van der Waals surface area contributed by atoms with Crippen LogP contribution in [0.5, 0.6) is 11.5 Å². The number of esters is 1. The zero-order valence-corrected chi connectivity index (χ0v) is 17.2. The van der Waals surface area contributed by atoms with Crippen LogP contribution in [0.1, 0.15) is 40.0 Å². The van der Waals surface area contributed by atoms with Crippen molar-refractivity contribution in [1.82, 2.24) is 4.90 Å². The fourth-order valence-electron chi connectivity index (χ4n) is 2.58. The van der Waals surface area contributed by atoms with Crippen molar-refractivity contribution in [3.8, 4) is 11.5 Å². The molecule has 0 saturated heterocycles. The Hall–Kier alpha value is -2.24. The number of nitrogens with zero attached hydrogens (tertiary/aromatic N) is 1. The lowest BCUT2D eigenvalue weighted by molar-refractivity contribution is -0.146. The molecular weight excluding hydrogens is 346 g/mol. The van der Waals surface area contributed by atoms with Crippen LogP contribution in [-0.2, 0) is 14.3 Å². The third kappa shape index (κ3) is 8.80. The Balaban J connectivity index is 2.47. The fourth-order valence-corrected chi connectivity index (χ4v) is 2.58. The van der Waals surface area contributed by atoms with Crippen molar-refractivity contribution in [3.05, 3.63) is 24.3 Å². The molecule has 1 unspecified atom stereocenters. The summed E-state index contributed by atoms with van der Waals surface area (Å²) in [7, 11) is 2.99. The Morgan fingerprint density at radius 3 is 2.22 bits per heavy atom. The maximum Gasteiger partial charge on any atom is 0.310 e. The molecule has 152 valence electrons. The molecule has 6 heteroatoms. The van der Waals surface area contributed by atoms with E-state index in [1.807, 2.05) is 24.3 Å². The fraction of sp³-hybridized carbons (Fsp3) is 0.619. The van der Waals surface area contributed by atoms with Gasteiger partial charge in [-0.3, -0.25) is 9.59 Å². The predicted molar refractivity (Wildman–Crippen MR) is 105 cm³/mol. The molecule has 0 N–H and O–H groups in total. The van der Waals surface area contributed by atoms with Crippen molar-refractivity contribution < 1.29 is 23.8 Å². The van der Waals surface area contributed by atoms with E-state index in [1.165, 1.54) is 7.11 Å². The average molecular weight is 379 g/mol. The van der Waals surface area contributed by atoms with Gasteiger partial charge in [0.1, 0.15) is 11.5 Å². The lowest BCUT2D eigenvalue weighted by Gasteiger charge is -2.26. The highest BCUT2D eigenvalue weighted by atomic mass is 16.5. The summed E-state index contributed by atoms with van der Waals surface area (Å²) in [5, 5.41) is 0. The number of carbonyl (C=O) groups excluding carboxylic acids is 2. The third-order valence-corrected chi connectivity index (χ3v) is 4.29. The molecule has 1 aromatic carbocycles. The van der Waals surface area contributed by atoms with Crippen LogP contribution in [0, 0.1) is 11.8 Å². The lowest BCUT2D eigenvalue weighted by Crippen LogP contribution is -2.38. The smallest absolute Gasteiger partial charge is 0.310 e. The van der Waals surface area contributed by atoms with Crippen LogP contribution in [0.3, 0.4) is 0 Å². The molecule has 1 aromatic rings. The summed E-state index contributed by atoms with van der Waals surface area (Å²) in [6, 6.07) is 7.35. The number of hydrogen-bond donors (Lipinski definition) is 0. The van der Waals surface area contributed by atoms with Gasteiger partial charge in [0.25, 0.3) is 0 Å². The molecule has 1 amide bonds. The molecule has 0 aromatic heterocycles. The van der Waals surface area contributed by atoms with E-state index in [0.29, 0.717) is 38.5 Å². The summed E-state index contributed by atoms with van der Waals surface area (Å²) in [4.78, 5) is 26.1. The van der Waals surface area contributed by atoms with Gasteiger partial charge in [0.15, 0.2) is 0 Å². The van der Waals surface area contributed by atoms with E-state index >= 15 is 0 Å². The summed E-state index contributed by atoms with van der Waals surface area (Å²) >= 11 is 0. The Morgan fingerprint density at radius 1 is 1.04 bits per heavy atom. The minimum absolute atomic E-state index is 0.0460. The third-order valence-electron chi connectivity index (χ3n) is 4.29. The molecule has 0 aliphatic carbocycles. The molecule has 0 radical (unpaired) electrons. The van der Waals surface area contributed by atoms with Gasteiger partial charge < -0.3 is 19.1 Å². The van der Waals surface area contributed by atoms with E-state index in [9.17, 15) is 9.59 Å². The van der Waals surface area contributed by atoms with Crippen LogP contribution < -0.4 is 9.47 Å². The van der Waals surface area contributed by atoms with E-state index in [0.717, 1.165) is 17.9 Å². The van der Waals surface area contributed by atoms with E-state index in [-0.39, 0.29) is 17.8 Å². The van der Waals surface area contributed by atoms with Gasteiger partial charge in [0, 0.05) is 19.5 Å². The zero-order chi connectivity index (χ0) is 20.2. The predicted octanol–water partition coefficient (Wildman–Crippen LogP) is 3.54. The molecule has 0 bridgehead atoms. The standard InChI is InChI=1S/C21H33NO5/c1-16(2)12-13-22(15-17(3)21(24)26-5)20(23)7-6-14-27-19-10-8-18(25-4)9-11-19/h8-11,16-17H,6-7,12-15H2,1-5H3. The van der Waals surface area contributed by atoms with Crippen LogP contribution in [-0.4, -0.2) is 50.7 Å². The number of amides is 1. The molecule has 0 spiro atoms.